The van der Waals surface area contributed by atoms with Crippen LogP contribution in [-0.4, -0.2) is 61.6 Å². The Hall–Kier alpha value is -1.11. The molecule has 2 heterocycles. The van der Waals surface area contributed by atoms with Crippen molar-refractivity contribution in [3.63, 3.8) is 0 Å². The highest BCUT2D eigenvalue weighted by molar-refractivity contribution is 7.09. The SMILES string of the molecule is CC(C)C(CNC(=O)NCc1cccs1)N1CCN(C)CC1. The van der Waals surface area contributed by atoms with Gasteiger partial charge in [-0.05, 0) is 24.4 Å². The van der Waals surface area contributed by atoms with Gasteiger partial charge in [0.1, 0.15) is 0 Å². The average Bonchev–Trinajstić information content (AvgIpc) is 3.00. The minimum absolute atomic E-state index is 0.0758. The summed E-state index contributed by atoms with van der Waals surface area (Å²) in [6, 6.07) is 4.36. The lowest BCUT2D eigenvalue weighted by Crippen LogP contribution is -2.54. The quantitative estimate of drug-likeness (QED) is 0.839. The highest BCUT2D eigenvalue weighted by atomic mass is 32.1. The smallest absolute Gasteiger partial charge is 0.315 e. The van der Waals surface area contributed by atoms with Crippen LogP contribution in [0.5, 0.6) is 0 Å². The number of thiophene rings is 1. The number of hydrogen-bond donors (Lipinski definition) is 2. The summed E-state index contributed by atoms with van der Waals surface area (Å²) in [7, 11) is 2.16. The van der Waals surface area contributed by atoms with Crippen LogP contribution in [0.3, 0.4) is 0 Å². The summed E-state index contributed by atoms with van der Waals surface area (Å²) in [4.78, 5) is 18.0. The summed E-state index contributed by atoms with van der Waals surface area (Å²) in [5.74, 6) is 0.529. The van der Waals surface area contributed by atoms with E-state index in [1.54, 1.807) is 11.3 Å². The minimum Gasteiger partial charge on any atom is -0.337 e. The molecule has 1 unspecified atom stereocenters. The van der Waals surface area contributed by atoms with Gasteiger partial charge in [-0.25, -0.2) is 4.79 Å². The number of likely N-dealkylation sites (N-methyl/N-ethyl adjacent to an activating group) is 1. The average molecular weight is 324 g/mol. The number of amides is 2. The van der Waals surface area contributed by atoms with Crippen molar-refractivity contribution < 1.29 is 4.79 Å². The van der Waals surface area contributed by atoms with E-state index >= 15 is 0 Å². The van der Waals surface area contributed by atoms with E-state index in [4.69, 9.17) is 0 Å². The van der Waals surface area contributed by atoms with Crippen molar-refractivity contribution in [2.45, 2.75) is 26.4 Å². The van der Waals surface area contributed by atoms with Crippen molar-refractivity contribution in [3.05, 3.63) is 22.4 Å². The number of piperazine rings is 1. The summed E-state index contributed by atoms with van der Waals surface area (Å²) >= 11 is 1.66. The maximum Gasteiger partial charge on any atom is 0.315 e. The lowest BCUT2D eigenvalue weighted by molar-refractivity contribution is 0.0887. The molecule has 2 amide bonds. The molecule has 1 aliphatic heterocycles. The summed E-state index contributed by atoms with van der Waals surface area (Å²) < 4.78 is 0. The van der Waals surface area contributed by atoms with Crippen LogP contribution < -0.4 is 10.6 Å². The number of carbonyl (C=O) groups excluding carboxylic acids is 1. The third-order valence-electron chi connectivity index (χ3n) is 4.25. The molecule has 0 saturated carbocycles. The molecule has 1 aromatic rings. The van der Waals surface area contributed by atoms with E-state index in [0.717, 1.165) is 26.2 Å². The Labute approximate surface area is 137 Å². The fraction of sp³-hybridized carbons (Fsp3) is 0.688. The Bertz CT molecular complexity index is 441. The van der Waals surface area contributed by atoms with Crippen molar-refractivity contribution >= 4 is 17.4 Å². The number of nitrogens with zero attached hydrogens (tertiary/aromatic N) is 2. The molecule has 0 radical (unpaired) electrons. The van der Waals surface area contributed by atoms with E-state index in [-0.39, 0.29) is 6.03 Å². The number of rotatable bonds is 6. The van der Waals surface area contributed by atoms with Crippen LogP contribution in [0.1, 0.15) is 18.7 Å². The lowest BCUT2D eigenvalue weighted by atomic mass is 10.0. The molecule has 2 N–H and O–H groups in total. The number of carbonyl (C=O) groups is 1. The van der Waals surface area contributed by atoms with Crippen molar-refractivity contribution in [1.82, 2.24) is 20.4 Å². The Balaban J connectivity index is 1.75. The maximum atomic E-state index is 12.0. The molecule has 124 valence electrons. The predicted molar refractivity (Wildman–Crippen MR) is 92.3 cm³/mol. The first-order valence-electron chi connectivity index (χ1n) is 8.03. The van der Waals surface area contributed by atoms with Gasteiger partial charge in [0.25, 0.3) is 0 Å². The van der Waals surface area contributed by atoms with E-state index in [1.165, 1.54) is 4.88 Å². The molecular formula is C16H28N4OS. The Morgan fingerprint density at radius 3 is 2.59 bits per heavy atom. The Kier molecular flexibility index (Phi) is 6.67. The van der Waals surface area contributed by atoms with E-state index in [0.29, 0.717) is 25.0 Å². The van der Waals surface area contributed by atoms with Crippen LogP contribution in [0.15, 0.2) is 17.5 Å². The molecule has 1 aromatic heterocycles. The van der Waals surface area contributed by atoms with Gasteiger partial charge < -0.3 is 15.5 Å². The number of urea groups is 1. The molecule has 0 aliphatic carbocycles. The summed E-state index contributed by atoms with van der Waals surface area (Å²) in [5.41, 5.74) is 0. The van der Waals surface area contributed by atoms with Crippen molar-refractivity contribution in [1.29, 1.82) is 0 Å². The fourth-order valence-corrected chi connectivity index (χ4v) is 3.42. The van der Waals surface area contributed by atoms with Crippen LogP contribution in [-0.2, 0) is 6.54 Å². The first-order chi connectivity index (χ1) is 10.6. The first kappa shape index (κ1) is 17.2. The minimum atomic E-state index is -0.0758. The first-order valence-corrected chi connectivity index (χ1v) is 8.91. The van der Waals surface area contributed by atoms with Crippen LogP contribution in [0, 0.1) is 5.92 Å². The zero-order valence-electron chi connectivity index (χ0n) is 13.8. The largest absolute Gasteiger partial charge is 0.337 e. The molecule has 1 atom stereocenters. The molecule has 2 rings (SSSR count). The molecule has 5 nitrogen and oxygen atoms in total. The Morgan fingerprint density at radius 2 is 2.00 bits per heavy atom. The summed E-state index contributed by atoms with van der Waals surface area (Å²) in [6.45, 7) is 10.1. The molecule has 22 heavy (non-hydrogen) atoms. The Morgan fingerprint density at radius 1 is 1.27 bits per heavy atom. The van der Waals surface area contributed by atoms with E-state index in [2.05, 4.69) is 41.3 Å². The van der Waals surface area contributed by atoms with Gasteiger partial charge in [-0.15, -0.1) is 11.3 Å². The molecule has 1 fully saturated rings. The zero-order chi connectivity index (χ0) is 15.9. The van der Waals surface area contributed by atoms with Gasteiger partial charge in [0.05, 0.1) is 6.54 Å². The molecule has 6 heteroatoms. The second-order valence-electron chi connectivity index (χ2n) is 6.29. The van der Waals surface area contributed by atoms with Gasteiger partial charge in [0.15, 0.2) is 0 Å². The molecular weight excluding hydrogens is 296 g/mol. The molecule has 1 saturated heterocycles. The molecule has 1 aliphatic rings. The number of nitrogens with one attached hydrogen (secondary N) is 2. The normalized spacial score (nSPS) is 18.4. The lowest BCUT2D eigenvalue weighted by Gasteiger charge is -2.39. The van der Waals surface area contributed by atoms with Gasteiger partial charge in [-0.2, -0.15) is 0 Å². The third kappa shape index (κ3) is 5.26. The molecule has 0 aromatic carbocycles. The fourth-order valence-electron chi connectivity index (χ4n) is 2.78. The van der Waals surface area contributed by atoms with Gasteiger partial charge in [0, 0.05) is 43.6 Å². The van der Waals surface area contributed by atoms with Crippen LogP contribution in [0.25, 0.3) is 0 Å². The van der Waals surface area contributed by atoms with E-state index < -0.39 is 0 Å². The van der Waals surface area contributed by atoms with Crippen LogP contribution in [0.4, 0.5) is 4.79 Å². The second-order valence-corrected chi connectivity index (χ2v) is 7.33. The monoisotopic (exact) mass is 324 g/mol. The van der Waals surface area contributed by atoms with E-state index in [1.807, 2.05) is 17.5 Å². The van der Waals surface area contributed by atoms with Crippen LogP contribution >= 0.6 is 11.3 Å². The highest BCUT2D eigenvalue weighted by Gasteiger charge is 2.25. The molecule has 0 bridgehead atoms. The van der Waals surface area contributed by atoms with Gasteiger partial charge in [0.2, 0.25) is 0 Å². The topological polar surface area (TPSA) is 47.6 Å². The molecule has 0 spiro atoms. The summed E-state index contributed by atoms with van der Waals surface area (Å²) in [5, 5.41) is 7.98. The van der Waals surface area contributed by atoms with Crippen molar-refractivity contribution in [2.24, 2.45) is 5.92 Å². The standard InChI is InChI=1S/C16H28N4OS/c1-13(2)15(20-8-6-19(3)7-9-20)12-18-16(21)17-11-14-5-4-10-22-14/h4-5,10,13,15H,6-9,11-12H2,1-3H3,(H2,17,18,21). The van der Waals surface area contributed by atoms with E-state index in [9.17, 15) is 4.79 Å². The van der Waals surface area contributed by atoms with Gasteiger partial charge in [-0.1, -0.05) is 19.9 Å². The van der Waals surface area contributed by atoms with Gasteiger partial charge >= 0.3 is 6.03 Å². The van der Waals surface area contributed by atoms with Crippen molar-refractivity contribution in [3.8, 4) is 0 Å². The van der Waals surface area contributed by atoms with Gasteiger partial charge in [-0.3, -0.25) is 4.90 Å². The van der Waals surface area contributed by atoms with Crippen molar-refractivity contribution in [2.75, 3.05) is 39.8 Å². The predicted octanol–water partition coefficient (Wildman–Crippen LogP) is 1.82. The third-order valence-corrected chi connectivity index (χ3v) is 5.13. The highest BCUT2D eigenvalue weighted by Crippen LogP contribution is 2.13. The summed E-state index contributed by atoms with van der Waals surface area (Å²) in [6.07, 6.45) is 0. The number of hydrogen-bond acceptors (Lipinski definition) is 4. The zero-order valence-corrected chi connectivity index (χ0v) is 14.7. The maximum absolute atomic E-state index is 12.0. The van der Waals surface area contributed by atoms with Crippen LogP contribution in [0.2, 0.25) is 0 Å². The second kappa shape index (κ2) is 8.50.